The summed E-state index contributed by atoms with van der Waals surface area (Å²) >= 11 is 7.13. The van der Waals surface area contributed by atoms with Crippen molar-refractivity contribution in [2.75, 3.05) is 10.6 Å². The number of aromatic amines is 1. The van der Waals surface area contributed by atoms with Crippen LogP contribution in [0.3, 0.4) is 0 Å². The molecule has 3 aromatic rings. The Morgan fingerprint density at radius 1 is 0.938 bits per heavy atom. The number of H-pyrrole nitrogens is 1. The van der Waals surface area contributed by atoms with Crippen molar-refractivity contribution >= 4 is 46.6 Å². The molecule has 0 saturated carbocycles. The van der Waals surface area contributed by atoms with Crippen LogP contribution in [0.4, 0.5) is 11.4 Å². The van der Waals surface area contributed by atoms with Crippen LogP contribution in [0.1, 0.15) is 20.8 Å². The van der Waals surface area contributed by atoms with Crippen molar-refractivity contribution in [3.8, 4) is 11.3 Å². The fourth-order valence-corrected chi connectivity index (χ4v) is 3.57. The molecule has 0 bridgehead atoms. The van der Waals surface area contributed by atoms with E-state index < -0.39 is 10.8 Å². The maximum atomic E-state index is 12.7. The Balaban J connectivity index is 1.76. The molecule has 0 aliphatic carbocycles. The molecule has 0 fully saturated rings. The van der Waals surface area contributed by atoms with Crippen LogP contribution in [0.5, 0.6) is 0 Å². The fourth-order valence-electron chi connectivity index (χ4n) is 2.64. The maximum absolute atomic E-state index is 12.7. The Morgan fingerprint density at radius 3 is 2.22 bits per heavy atom. The second-order valence-electron chi connectivity index (χ2n) is 7.23. The molecule has 1 aromatic heterocycles. The standard InChI is InChI=1S/C22H22ClN5O3S/c1-12(2)19(29)24-16-10-6-4-8-14(16)18-21(31)26-22(28-27-18)32-13(3)20(30)25-17-11-7-5-9-15(17)23/h4-13H,1-3H3,(H,24,29)(H,25,30)(H,26,28,31)/t13-/m1/s1. The second-order valence-corrected chi connectivity index (χ2v) is 8.96. The van der Waals surface area contributed by atoms with E-state index in [1.165, 1.54) is 0 Å². The first kappa shape index (κ1) is 23.5. The highest BCUT2D eigenvalue weighted by atomic mass is 35.5. The van der Waals surface area contributed by atoms with Crippen molar-refractivity contribution in [3.05, 3.63) is 63.9 Å². The van der Waals surface area contributed by atoms with Crippen LogP contribution in [0.2, 0.25) is 5.02 Å². The number of carbonyl (C=O) groups is 2. The van der Waals surface area contributed by atoms with Gasteiger partial charge in [0.1, 0.15) is 0 Å². The number of para-hydroxylation sites is 2. The summed E-state index contributed by atoms with van der Waals surface area (Å²) in [5, 5.41) is 13.7. The second kappa shape index (κ2) is 10.4. The summed E-state index contributed by atoms with van der Waals surface area (Å²) in [7, 11) is 0. The quantitative estimate of drug-likeness (QED) is 0.444. The zero-order valence-electron chi connectivity index (χ0n) is 17.7. The van der Waals surface area contributed by atoms with Crippen molar-refractivity contribution in [2.24, 2.45) is 5.92 Å². The van der Waals surface area contributed by atoms with E-state index in [1.54, 1.807) is 69.3 Å². The van der Waals surface area contributed by atoms with Crippen LogP contribution < -0.4 is 16.2 Å². The molecular formula is C22H22ClN5O3S. The number of hydrogen-bond acceptors (Lipinski definition) is 6. The Bertz CT molecular complexity index is 1200. The third-order valence-electron chi connectivity index (χ3n) is 4.43. The Hall–Kier alpha value is -3.17. The molecule has 0 radical (unpaired) electrons. The molecule has 0 saturated heterocycles. The molecule has 166 valence electrons. The average Bonchev–Trinajstić information content (AvgIpc) is 2.76. The summed E-state index contributed by atoms with van der Waals surface area (Å²) in [4.78, 5) is 39.9. The van der Waals surface area contributed by atoms with E-state index in [2.05, 4.69) is 25.8 Å². The SMILES string of the molecule is CC(C)C(=O)Nc1ccccc1-c1nnc(S[C@H](C)C(=O)Nc2ccccc2Cl)[nH]c1=O. The molecule has 32 heavy (non-hydrogen) atoms. The lowest BCUT2D eigenvalue weighted by Crippen LogP contribution is -2.24. The third kappa shape index (κ3) is 5.74. The number of carbonyl (C=O) groups excluding carboxylic acids is 2. The summed E-state index contributed by atoms with van der Waals surface area (Å²) < 4.78 is 0. The number of nitrogens with zero attached hydrogens (tertiary/aromatic N) is 2. The average molecular weight is 472 g/mol. The number of hydrogen-bond donors (Lipinski definition) is 3. The van der Waals surface area contributed by atoms with Gasteiger partial charge in [-0.2, -0.15) is 0 Å². The van der Waals surface area contributed by atoms with E-state index in [0.717, 1.165) is 11.8 Å². The van der Waals surface area contributed by atoms with Crippen LogP contribution in [-0.2, 0) is 9.59 Å². The molecule has 8 nitrogen and oxygen atoms in total. The zero-order chi connectivity index (χ0) is 23.3. The minimum Gasteiger partial charge on any atom is -0.325 e. The molecule has 1 atom stereocenters. The predicted molar refractivity (Wildman–Crippen MR) is 127 cm³/mol. The van der Waals surface area contributed by atoms with E-state index in [4.69, 9.17) is 11.6 Å². The normalized spacial score (nSPS) is 11.8. The lowest BCUT2D eigenvalue weighted by Gasteiger charge is -2.13. The van der Waals surface area contributed by atoms with Gasteiger partial charge in [0.25, 0.3) is 5.56 Å². The minimum atomic E-state index is -0.570. The van der Waals surface area contributed by atoms with Crippen molar-refractivity contribution in [2.45, 2.75) is 31.2 Å². The molecule has 3 rings (SSSR count). The van der Waals surface area contributed by atoms with E-state index in [-0.39, 0.29) is 28.6 Å². The lowest BCUT2D eigenvalue weighted by molar-refractivity contribution is -0.119. The Kier molecular flexibility index (Phi) is 7.66. The van der Waals surface area contributed by atoms with Crippen LogP contribution in [0.15, 0.2) is 58.5 Å². The van der Waals surface area contributed by atoms with Crippen LogP contribution in [0.25, 0.3) is 11.3 Å². The minimum absolute atomic E-state index is 0.0715. The Morgan fingerprint density at radius 2 is 1.56 bits per heavy atom. The number of nitrogens with one attached hydrogen (secondary N) is 3. The molecule has 10 heteroatoms. The van der Waals surface area contributed by atoms with Crippen molar-refractivity contribution in [3.63, 3.8) is 0 Å². The molecule has 2 aromatic carbocycles. The van der Waals surface area contributed by atoms with Gasteiger partial charge in [0, 0.05) is 11.5 Å². The highest BCUT2D eigenvalue weighted by Crippen LogP contribution is 2.26. The molecule has 3 N–H and O–H groups in total. The Labute approximate surface area is 194 Å². The van der Waals surface area contributed by atoms with Gasteiger partial charge in [0.05, 0.1) is 21.6 Å². The summed E-state index contributed by atoms with van der Waals surface area (Å²) in [5.41, 5.74) is 1.02. The molecular weight excluding hydrogens is 450 g/mol. The van der Waals surface area contributed by atoms with E-state index >= 15 is 0 Å². The van der Waals surface area contributed by atoms with E-state index in [0.29, 0.717) is 22.0 Å². The summed E-state index contributed by atoms with van der Waals surface area (Å²) in [6, 6.07) is 13.8. The molecule has 0 unspecified atom stereocenters. The van der Waals surface area contributed by atoms with Crippen molar-refractivity contribution in [1.82, 2.24) is 15.2 Å². The lowest BCUT2D eigenvalue weighted by atomic mass is 10.1. The zero-order valence-corrected chi connectivity index (χ0v) is 19.3. The number of benzene rings is 2. The largest absolute Gasteiger partial charge is 0.325 e. The van der Waals surface area contributed by atoms with Crippen molar-refractivity contribution < 1.29 is 9.59 Å². The molecule has 1 heterocycles. The van der Waals surface area contributed by atoms with Crippen LogP contribution in [-0.4, -0.2) is 32.2 Å². The van der Waals surface area contributed by atoms with Gasteiger partial charge in [0.2, 0.25) is 11.8 Å². The number of aromatic nitrogens is 3. The molecule has 0 aliphatic heterocycles. The number of anilines is 2. The van der Waals surface area contributed by atoms with Crippen molar-refractivity contribution in [1.29, 1.82) is 0 Å². The van der Waals surface area contributed by atoms with Gasteiger partial charge in [-0.15, -0.1) is 10.2 Å². The number of thioether (sulfide) groups is 1. The van der Waals surface area contributed by atoms with Gasteiger partial charge in [-0.05, 0) is 25.1 Å². The first-order valence-electron chi connectivity index (χ1n) is 9.85. The number of amides is 2. The fraction of sp³-hybridized carbons (Fsp3) is 0.227. The third-order valence-corrected chi connectivity index (χ3v) is 5.73. The van der Waals surface area contributed by atoms with Gasteiger partial charge in [-0.3, -0.25) is 19.4 Å². The summed E-state index contributed by atoms with van der Waals surface area (Å²) in [6.45, 7) is 5.24. The molecule has 2 amide bonds. The highest BCUT2D eigenvalue weighted by Gasteiger charge is 2.19. The van der Waals surface area contributed by atoms with Crippen LogP contribution >= 0.6 is 23.4 Å². The van der Waals surface area contributed by atoms with Gasteiger partial charge >= 0.3 is 0 Å². The first-order valence-corrected chi connectivity index (χ1v) is 11.1. The van der Waals surface area contributed by atoms with Gasteiger partial charge in [-0.25, -0.2) is 0 Å². The van der Waals surface area contributed by atoms with E-state index in [1.807, 2.05) is 0 Å². The molecule has 0 spiro atoms. The smallest absolute Gasteiger partial charge is 0.278 e. The predicted octanol–water partition coefficient (Wildman–Crippen LogP) is 4.20. The van der Waals surface area contributed by atoms with Gasteiger partial charge < -0.3 is 10.6 Å². The maximum Gasteiger partial charge on any atom is 0.278 e. The topological polar surface area (TPSA) is 117 Å². The van der Waals surface area contributed by atoms with Gasteiger partial charge in [0.15, 0.2) is 10.9 Å². The summed E-state index contributed by atoms with van der Waals surface area (Å²) in [5.74, 6) is -0.687. The van der Waals surface area contributed by atoms with Gasteiger partial charge in [-0.1, -0.05) is 67.5 Å². The summed E-state index contributed by atoms with van der Waals surface area (Å²) in [6.07, 6.45) is 0. The number of rotatable bonds is 7. The van der Waals surface area contributed by atoms with Crippen LogP contribution in [0, 0.1) is 5.92 Å². The highest BCUT2D eigenvalue weighted by molar-refractivity contribution is 8.00. The monoisotopic (exact) mass is 471 g/mol. The van der Waals surface area contributed by atoms with E-state index in [9.17, 15) is 14.4 Å². The first-order chi connectivity index (χ1) is 15.3. The molecule has 0 aliphatic rings. The number of halogens is 1.